The van der Waals surface area contributed by atoms with E-state index in [1.54, 1.807) is 6.07 Å². The van der Waals surface area contributed by atoms with E-state index in [0.717, 1.165) is 4.90 Å². The molecule has 3 rings (SSSR count). The Labute approximate surface area is 150 Å². The highest BCUT2D eigenvalue weighted by Gasteiger charge is 2.22. The molecule has 1 aliphatic heterocycles. The number of hydrogen-bond donors (Lipinski definition) is 2. The molecule has 1 heterocycles. The molecule has 128 valence electrons. The molecule has 25 heavy (non-hydrogen) atoms. The highest BCUT2D eigenvalue weighted by Crippen LogP contribution is 2.36. The number of rotatable bonds is 3. The van der Waals surface area contributed by atoms with Gasteiger partial charge < -0.3 is 5.32 Å². The SMILES string of the molecule is C[C@H]1CC(=O)Nc2cc(S(=O)(=O)Nc3ccc(C#N)cc3)ccc2S1. The van der Waals surface area contributed by atoms with Gasteiger partial charge in [-0.05, 0) is 42.5 Å². The van der Waals surface area contributed by atoms with Crippen LogP contribution >= 0.6 is 11.8 Å². The number of hydrogen-bond acceptors (Lipinski definition) is 5. The van der Waals surface area contributed by atoms with Crippen molar-refractivity contribution in [3.8, 4) is 6.07 Å². The van der Waals surface area contributed by atoms with Crippen LogP contribution in [0, 0.1) is 11.3 Å². The lowest BCUT2D eigenvalue weighted by Gasteiger charge is -2.12. The molecule has 0 bridgehead atoms. The molecular weight excluding hydrogens is 358 g/mol. The number of carbonyl (C=O) groups is 1. The molecule has 0 fully saturated rings. The molecule has 0 radical (unpaired) electrons. The smallest absolute Gasteiger partial charge is 0.261 e. The van der Waals surface area contributed by atoms with Crippen LogP contribution in [0.25, 0.3) is 0 Å². The molecule has 1 aliphatic rings. The second-order valence-electron chi connectivity index (χ2n) is 5.63. The summed E-state index contributed by atoms with van der Waals surface area (Å²) in [5.74, 6) is -0.131. The van der Waals surface area contributed by atoms with Crippen molar-refractivity contribution >= 4 is 39.1 Å². The Kier molecular flexibility index (Phi) is 4.70. The van der Waals surface area contributed by atoms with Crippen LogP contribution in [0.4, 0.5) is 11.4 Å². The van der Waals surface area contributed by atoms with Gasteiger partial charge in [-0.1, -0.05) is 6.92 Å². The minimum atomic E-state index is -3.80. The molecule has 6 nitrogen and oxygen atoms in total. The third kappa shape index (κ3) is 3.95. The summed E-state index contributed by atoms with van der Waals surface area (Å²) >= 11 is 1.53. The number of carbonyl (C=O) groups excluding carboxylic acids is 1. The first-order valence-corrected chi connectivity index (χ1v) is 9.87. The first kappa shape index (κ1) is 17.3. The molecule has 0 unspecified atom stereocenters. The van der Waals surface area contributed by atoms with E-state index in [1.165, 1.54) is 48.2 Å². The number of nitriles is 1. The Balaban J connectivity index is 1.90. The molecule has 0 aliphatic carbocycles. The number of anilines is 2. The fourth-order valence-electron chi connectivity index (χ4n) is 2.42. The molecule has 2 N–H and O–H groups in total. The van der Waals surface area contributed by atoms with Crippen molar-refractivity contribution in [1.29, 1.82) is 5.26 Å². The minimum Gasteiger partial charge on any atom is -0.325 e. The third-order valence-electron chi connectivity index (χ3n) is 3.60. The van der Waals surface area contributed by atoms with E-state index in [2.05, 4.69) is 10.0 Å². The van der Waals surface area contributed by atoms with Crippen LogP contribution in [0.5, 0.6) is 0 Å². The molecule has 1 atom stereocenters. The molecule has 1 amide bonds. The lowest BCUT2D eigenvalue weighted by atomic mass is 10.2. The number of nitrogens with one attached hydrogen (secondary N) is 2. The number of benzene rings is 2. The maximum atomic E-state index is 12.6. The van der Waals surface area contributed by atoms with Gasteiger partial charge in [-0.25, -0.2) is 8.42 Å². The summed E-state index contributed by atoms with van der Waals surface area (Å²) in [6, 6.07) is 12.8. The maximum absolute atomic E-state index is 12.6. The van der Waals surface area contributed by atoms with Gasteiger partial charge in [0.05, 0.1) is 22.2 Å². The highest BCUT2D eigenvalue weighted by atomic mass is 32.2. The predicted molar refractivity (Wildman–Crippen MR) is 97.0 cm³/mol. The summed E-state index contributed by atoms with van der Waals surface area (Å²) in [6.45, 7) is 1.95. The second kappa shape index (κ2) is 6.78. The van der Waals surface area contributed by atoms with Crippen LogP contribution < -0.4 is 10.0 Å². The highest BCUT2D eigenvalue weighted by molar-refractivity contribution is 8.00. The van der Waals surface area contributed by atoms with E-state index >= 15 is 0 Å². The summed E-state index contributed by atoms with van der Waals surface area (Å²) in [5, 5.41) is 11.7. The van der Waals surface area contributed by atoms with Gasteiger partial charge in [0.1, 0.15) is 0 Å². The van der Waals surface area contributed by atoms with Crippen molar-refractivity contribution in [2.45, 2.75) is 28.4 Å². The second-order valence-corrected chi connectivity index (χ2v) is 8.80. The molecular formula is C17H15N3O3S2. The first-order chi connectivity index (χ1) is 11.9. The Hall–Kier alpha value is -2.50. The van der Waals surface area contributed by atoms with Gasteiger partial charge >= 0.3 is 0 Å². The lowest BCUT2D eigenvalue weighted by molar-refractivity contribution is -0.116. The van der Waals surface area contributed by atoms with E-state index in [-0.39, 0.29) is 16.1 Å². The molecule has 0 aromatic heterocycles. The van der Waals surface area contributed by atoms with E-state index < -0.39 is 10.0 Å². The van der Waals surface area contributed by atoms with Crippen LogP contribution in [0.1, 0.15) is 18.9 Å². The standard InChI is InChI=1S/C17H15N3O3S2/c1-11-8-17(21)19-15-9-14(6-7-16(15)24-11)25(22,23)20-13-4-2-12(10-18)3-5-13/h2-7,9,11,20H,8H2,1H3,(H,19,21)/t11-/m0/s1. The minimum absolute atomic E-state index is 0.0612. The fourth-order valence-corrected chi connectivity index (χ4v) is 4.56. The molecule has 8 heteroatoms. The topological polar surface area (TPSA) is 99.1 Å². The number of sulfonamides is 1. The van der Waals surface area contributed by atoms with Gasteiger partial charge in [-0.3, -0.25) is 9.52 Å². The third-order valence-corrected chi connectivity index (χ3v) is 6.16. The van der Waals surface area contributed by atoms with Crippen LogP contribution in [-0.4, -0.2) is 19.6 Å². The monoisotopic (exact) mass is 373 g/mol. The Morgan fingerprint density at radius 1 is 1.24 bits per heavy atom. The zero-order valence-corrected chi connectivity index (χ0v) is 14.9. The van der Waals surface area contributed by atoms with Crippen LogP contribution in [0.2, 0.25) is 0 Å². The van der Waals surface area contributed by atoms with Gasteiger partial charge in [0, 0.05) is 22.3 Å². The van der Waals surface area contributed by atoms with Crippen LogP contribution in [-0.2, 0) is 14.8 Å². The van der Waals surface area contributed by atoms with E-state index in [0.29, 0.717) is 23.4 Å². The Morgan fingerprint density at radius 2 is 1.96 bits per heavy atom. The van der Waals surface area contributed by atoms with Crippen molar-refractivity contribution in [3.63, 3.8) is 0 Å². The summed E-state index contributed by atoms with van der Waals surface area (Å²) in [7, 11) is -3.80. The van der Waals surface area contributed by atoms with Crippen molar-refractivity contribution in [2.75, 3.05) is 10.0 Å². The van der Waals surface area contributed by atoms with Gasteiger partial charge in [-0.15, -0.1) is 11.8 Å². The molecule has 0 saturated carbocycles. The lowest BCUT2D eigenvalue weighted by Crippen LogP contribution is -2.15. The van der Waals surface area contributed by atoms with E-state index in [4.69, 9.17) is 5.26 Å². The van der Waals surface area contributed by atoms with Gasteiger partial charge in [0.15, 0.2) is 0 Å². The summed E-state index contributed by atoms with van der Waals surface area (Å²) in [6.07, 6.45) is 0.380. The predicted octanol–water partition coefficient (Wildman–Crippen LogP) is 3.18. The van der Waals surface area contributed by atoms with Crippen LogP contribution in [0.3, 0.4) is 0 Å². The van der Waals surface area contributed by atoms with Gasteiger partial charge in [-0.2, -0.15) is 5.26 Å². The molecule has 2 aromatic carbocycles. The van der Waals surface area contributed by atoms with Crippen molar-refractivity contribution in [1.82, 2.24) is 0 Å². The Morgan fingerprint density at radius 3 is 2.64 bits per heavy atom. The normalized spacial score (nSPS) is 17.0. The first-order valence-electron chi connectivity index (χ1n) is 7.51. The van der Waals surface area contributed by atoms with E-state index in [9.17, 15) is 13.2 Å². The number of nitrogens with zero attached hydrogens (tertiary/aromatic N) is 1. The van der Waals surface area contributed by atoms with Crippen molar-refractivity contribution in [2.24, 2.45) is 0 Å². The van der Waals surface area contributed by atoms with Gasteiger partial charge in [0.2, 0.25) is 5.91 Å². The molecule has 0 spiro atoms. The average molecular weight is 373 g/mol. The quantitative estimate of drug-likeness (QED) is 0.861. The van der Waals surface area contributed by atoms with Crippen molar-refractivity contribution in [3.05, 3.63) is 48.0 Å². The fraction of sp³-hybridized carbons (Fsp3) is 0.176. The number of thioether (sulfide) groups is 1. The maximum Gasteiger partial charge on any atom is 0.261 e. The average Bonchev–Trinajstić information content (AvgIpc) is 2.70. The molecule has 0 saturated heterocycles. The summed E-state index contributed by atoms with van der Waals surface area (Å²) < 4.78 is 27.6. The zero-order valence-electron chi connectivity index (χ0n) is 13.3. The van der Waals surface area contributed by atoms with Crippen LogP contribution in [0.15, 0.2) is 52.3 Å². The number of fused-ring (bicyclic) bond motifs is 1. The summed E-state index contributed by atoms with van der Waals surface area (Å²) in [5.41, 5.74) is 1.31. The van der Waals surface area contributed by atoms with Gasteiger partial charge in [0.25, 0.3) is 10.0 Å². The zero-order chi connectivity index (χ0) is 18.0. The Bertz CT molecular complexity index is 964. The summed E-state index contributed by atoms with van der Waals surface area (Å²) in [4.78, 5) is 12.8. The largest absolute Gasteiger partial charge is 0.325 e. The van der Waals surface area contributed by atoms with E-state index in [1.807, 2.05) is 13.0 Å². The molecule has 2 aromatic rings. The van der Waals surface area contributed by atoms with Crippen molar-refractivity contribution < 1.29 is 13.2 Å². The number of amides is 1.